The van der Waals surface area contributed by atoms with Gasteiger partial charge < -0.3 is 5.73 Å². The molecule has 0 bridgehead atoms. The Morgan fingerprint density at radius 1 is 1.73 bits per heavy atom. The van der Waals surface area contributed by atoms with Crippen LogP contribution in [0.25, 0.3) is 0 Å². The van der Waals surface area contributed by atoms with Crippen LogP contribution in [-0.2, 0) is 0 Å². The van der Waals surface area contributed by atoms with E-state index >= 15 is 0 Å². The minimum absolute atomic E-state index is 0.154. The summed E-state index contributed by atoms with van der Waals surface area (Å²) in [6.07, 6.45) is 0.946. The van der Waals surface area contributed by atoms with E-state index in [9.17, 15) is 10.1 Å². The van der Waals surface area contributed by atoms with Crippen LogP contribution >= 0.6 is 11.6 Å². The molecule has 0 unspecified atom stereocenters. The molecule has 0 saturated carbocycles. The van der Waals surface area contributed by atoms with E-state index in [0.717, 1.165) is 6.20 Å². The van der Waals surface area contributed by atoms with Crippen molar-refractivity contribution in [3.63, 3.8) is 0 Å². The van der Waals surface area contributed by atoms with E-state index in [1.165, 1.54) is 0 Å². The van der Waals surface area contributed by atoms with Crippen molar-refractivity contribution in [3.8, 4) is 0 Å². The van der Waals surface area contributed by atoms with Crippen LogP contribution in [0.5, 0.6) is 0 Å². The van der Waals surface area contributed by atoms with Gasteiger partial charge in [-0.2, -0.15) is 5.10 Å². The number of anilines is 1. The number of hydrogen-bond donors (Lipinski definition) is 1. The third kappa shape index (κ3) is 1.35. The molecule has 0 radical (unpaired) electrons. The molecule has 0 atom stereocenters. The Balaban J connectivity index is 3.27. The molecule has 1 rings (SSSR count). The molecule has 0 fully saturated rings. The van der Waals surface area contributed by atoms with Crippen molar-refractivity contribution >= 4 is 23.0 Å². The maximum absolute atomic E-state index is 10.2. The molecule has 0 aliphatic heterocycles. The van der Waals surface area contributed by atoms with Gasteiger partial charge in [0.1, 0.15) is 6.20 Å². The Labute approximate surface area is 66.1 Å². The average molecular weight is 175 g/mol. The van der Waals surface area contributed by atoms with Crippen molar-refractivity contribution in [2.45, 2.75) is 0 Å². The number of halogens is 1. The van der Waals surface area contributed by atoms with Gasteiger partial charge in [0, 0.05) is 0 Å². The Morgan fingerprint density at radius 2 is 2.36 bits per heavy atom. The van der Waals surface area contributed by atoms with Crippen LogP contribution in [0.15, 0.2) is 6.20 Å². The highest BCUT2D eigenvalue weighted by Crippen LogP contribution is 2.24. The van der Waals surface area contributed by atoms with Gasteiger partial charge in [0.2, 0.25) is 0 Å². The summed E-state index contributed by atoms with van der Waals surface area (Å²) in [6.45, 7) is 0. The summed E-state index contributed by atoms with van der Waals surface area (Å²) in [5, 5.41) is 16.6. The molecule has 11 heavy (non-hydrogen) atoms. The van der Waals surface area contributed by atoms with Gasteiger partial charge in [0.05, 0.1) is 4.92 Å². The predicted molar refractivity (Wildman–Crippen MR) is 38.1 cm³/mol. The van der Waals surface area contributed by atoms with Crippen LogP contribution in [0.3, 0.4) is 0 Å². The van der Waals surface area contributed by atoms with Gasteiger partial charge >= 0.3 is 5.69 Å². The Bertz CT molecular complexity index is 302. The van der Waals surface area contributed by atoms with Crippen LogP contribution < -0.4 is 5.73 Å². The molecule has 0 saturated heterocycles. The van der Waals surface area contributed by atoms with Gasteiger partial charge in [-0.3, -0.25) is 10.1 Å². The largest absolute Gasteiger partial charge is 0.391 e. The molecule has 58 valence electrons. The molecule has 1 aromatic rings. The fourth-order valence-electron chi connectivity index (χ4n) is 0.509. The summed E-state index contributed by atoms with van der Waals surface area (Å²) in [5.41, 5.74) is 4.72. The second kappa shape index (κ2) is 2.67. The lowest BCUT2D eigenvalue weighted by Crippen LogP contribution is -1.98. The van der Waals surface area contributed by atoms with Gasteiger partial charge in [-0.25, -0.2) is 0 Å². The zero-order valence-electron chi connectivity index (χ0n) is 5.19. The number of nitro groups is 1. The number of hydrogen-bond acceptors (Lipinski definition) is 5. The van der Waals surface area contributed by atoms with Crippen molar-refractivity contribution in [1.82, 2.24) is 10.2 Å². The normalized spacial score (nSPS) is 9.55. The smallest absolute Gasteiger partial charge is 0.315 e. The van der Waals surface area contributed by atoms with Crippen LogP contribution in [0.4, 0.5) is 11.4 Å². The molecule has 2 N–H and O–H groups in total. The van der Waals surface area contributed by atoms with Gasteiger partial charge in [-0.1, -0.05) is 11.6 Å². The van der Waals surface area contributed by atoms with E-state index in [1.807, 2.05) is 0 Å². The maximum atomic E-state index is 10.2. The number of nitrogen functional groups attached to an aromatic ring is 1. The summed E-state index contributed by atoms with van der Waals surface area (Å²) in [6, 6.07) is 0. The predicted octanol–water partition coefficient (Wildman–Crippen LogP) is 0.620. The molecular formula is C4H3ClN4O2. The third-order valence-corrected chi connectivity index (χ3v) is 1.30. The van der Waals surface area contributed by atoms with E-state index in [0.29, 0.717) is 0 Å². The molecule has 0 aromatic carbocycles. The lowest BCUT2D eigenvalue weighted by Gasteiger charge is -1.94. The van der Waals surface area contributed by atoms with Crippen molar-refractivity contribution in [3.05, 3.63) is 21.5 Å². The first-order valence-electron chi connectivity index (χ1n) is 2.54. The Morgan fingerprint density at radius 3 is 2.82 bits per heavy atom. The number of aromatic nitrogens is 2. The molecule has 0 amide bonds. The first-order chi connectivity index (χ1) is 5.13. The van der Waals surface area contributed by atoms with Gasteiger partial charge in [0.15, 0.2) is 10.8 Å². The standard InChI is InChI=1S/C4H3ClN4O2/c5-4-3(6)2(9(10)11)1-7-8-4/h1H,(H2,6,7). The topological polar surface area (TPSA) is 94.9 Å². The van der Waals surface area contributed by atoms with E-state index in [1.54, 1.807) is 0 Å². The SMILES string of the molecule is Nc1c([N+](=O)[O-])cnnc1Cl. The maximum Gasteiger partial charge on any atom is 0.315 e. The number of nitrogens with two attached hydrogens (primary N) is 1. The van der Waals surface area contributed by atoms with Crippen molar-refractivity contribution in [2.24, 2.45) is 0 Å². The summed E-state index contributed by atoms with van der Waals surface area (Å²) in [5.74, 6) is 0. The fraction of sp³-hybridized carbons (Fsp3) is 0. The molecule has 1 aromatic heterocycles. The van der Waals surface area contributed by atoms with E-state index in [-0.39, 0.29) is 16.5 Å². The second-order valence-electron chi connectivity index (χ2n) is 1.69. The summed E-state index contributed by atoms with van der Waals surface area (Å²) in [7, 11) is 0. The number of rotatable bonds is 1. The summed E-state index contributed by atoms with van der Waals surface area (Å²) >= 11 is 5.35. The van der Waals surface area contributed by atoms with Gasteiger partial charge in [-0.15, -0.1) is 5.10 Å². The summed E-state index contributed by atoms with van der Waals surface area (Å²) < 4.78 is 0. The second-order valence-corrected chi connectivity index (χ2v) is 2.05. The zero-order chi connectivity index (χ0) is 8.43. The highest BCUT2D eigenvalue weighted by atomic mass is 35.5. The minimum atomic E-state index is -0.671. The van der Waals surface area contributed by atoms with E-state index in [2.05, 4.69) is 10.2 Å². The molecule has 0 aliphatic carbocycles. The molecule has 0 aliphatic rings. The monoisotopic (exact) mass is 174 g/mol. The van der Waals surface area contributed by atoms with Gasteiger partial charge in [0.25, 0.3) is 0 Å². The van der Waals surface area contributed by atoms with Crippen LogP contribution in [0.2, 0.25) is 5.15 Å². The lowest BCUT2D eigenvalue weighted by atomic mass is 10.4. The van der Waals surface area contributed by atoms with Gasteiger partial charge in [-0.05, 0) is 0 Å². The van der Waals surface area contributed by atoms with E-state index < -0.39 is 4.92 Å². The highest BCUT2D eigenvalue weighted by Gasteiger charge is 2.14. The Hall–Kier alpha value is -1.43. The van der Waals surface area contributed by atoms with Crippen molar-refractivity contribution in [2.75, 3.05) is 5.73 Å². The molecule has 6 nitrogen and oxygen atoms in total. The van der Waals surface area contributed by atoms with Crippen LogP contribution in [0.1, 0.15) is 0 Å². The Kier molecular flexibility index (Phi) is 1.86. The number of nitrogens with zero attached hydrogens (tertiary/aromatic N) is 3. The quantitative estimate of drug-likeness (QED) is 0.497. The first kappa shape index (κ1) is 7.67. The average Bonchev–Trinajstić information content (AvgIpc) is 1.94. The van der Waals surface area contributed by atoms with Crippen LogP contribution in [0, 0.1) is 10.1 Å². The molecule has 1 heterocycles. The first-order valence-corrected chi connectivity index (χ1v) is 2.91. The lowest BCUT2D eigenvalue weighted by molar-refractivity contribution is -0.384. The summed E-state index contributed by atoms with van der Waals surface area (Å²) in [4.78, 5) is 9.50. The molecule has 7 heteroatoms. The van der Waals surface area contributed by atoms with E-state index in [4.69, 9.17) is 17.3 Å². The minimum Gasteiger partial charge on any atom is -0.391 e. The highest BCUT2D eigenvalue weighted by molar-refractivity contribution is 6.32. The molecular weight excluding hydrogens is 172 g/mol. The van der Waals surface area contributed by atoms with Crippen molar-refractivity contribution < 1.29 is 4.92 Å². The zero-order valence-corrected chi connectivity index (χ0v) is 5.95. The van der Waals surface area contributed by atoms with Crippen molar-refractivity contribution in [1.29, 1.82) is 0 Å². The third-order valence-electron chi connectivity index (χ3n) is 1.02. The molecule has 0 spiro atoms. The van der Waals surface area contributed by atoms with Crippen LogP contribution in [-0.4, -0.2) is 15.1 Å². The fourth-order valence-corrected chi connectivity index (χ4v) is 0.649.